The summed E-state index contributed by atoms with van der Waals surface area (Å²) >= 11 is 0. The minimum atomic E-state index is -0.101. The molecule has 1 N–H and O–H groups in total. The first kappa shape index (κ1) is 13.1. The van der Waals surface area contributed by atoms with Crippen molar-refractivity contribution in [3.05, 3.63) is 59.4 Å². The molecule has 19 heavy (non-hydrogen) atoms. The first-order valence-electron chi connectivity index (χ1n) is 6.02. The molecule has 1 amide bonds. The van der Waals surface area contributed by atoms with Gasteiger partial charge in [-0.25, -0.2) is 0 Å². The number of nitrogens with zero attached hydrogens (tertiary/aromatic N) is 1. The predicted octanol–water partition coefficient (Wildman–Crippen LogP) is 2.33. The van der Waals surface area contributed by atoms with Crippen molar-refractivity contribution in [3.8, 4) is 5.75 Å². The summed E-state index contributed by atoms with van der Waals surface area (Å²) in [5, 5.41) is 2.87. The molecule has 0 bridgehead atoms. The molecule has 0 aliphatic rings. The van der Waals surface area contributed by atoms with E-state index in [-0.39, 0.29) is 5.91 Å². The van der Waals surface area contributed by atoms with Crippen LogP contribution >= 0.6 is 0 Å². The largest absolute Gasteiger partial charge is 0.496 e. The lowest BCUT2D eigenvalue weighted by molar-refractivity contribution is 0.0951. The molecule has 1 heterocycles. The van der Waals surface area contributed by atoms with E-state index in [1.54, 1.807) is 31.6 Å². The smallest absolute Gasteiger partial charge is 0.251 e. The Hall–Kier alpha value is -2.36. The maximum atomic E-state index is 11.9. The summed E-state index contributed by atoms with van der Waals surface area (Å²) in [5.41, 5.74) is 2.71. The quantitative estimate of drug-likeness (QED) is 0.913. The van der Waals surface area contributed by atoms with Crippen molar-refractivity contribution in [2.24, 2.45) is 0 Å². The molecule has 0 saturated carbocycles. The highest BCUT2D eigenvalue weighted by Gasteiger charge is 2.05. The van der Waals surface area contributed by atoms with Crippen LogP contribution in [0.3, 0.4) is 0 Å². The molecule has 2 rings (SSSR count). The monoisotopic (exact) mass is 256 g/mol. The maximum Gasteiger partial charge on any atom is 0.251 e. The fourth-order valence-electron chi connectivity index (χ4n) is 1.84. The van der Waals surface area contributed by atoms with Crippen molar-refractivity contribution in [3.63, 3.8) is 0 Å². The number of pyridine rings is 1. The van der Waals surface area contributed by atoms with Crippen molar-refractivity contribution in [1.82, 2.24) is 10.3 Å². The van der Waals surface area contributed by atoms with Gasteiger partial charge in [0.2, 0.25) is 0 Å². The minimum Gasteiger partial charge on any atom is -0.496 e. The van der Waals surface area contributed by atoms with E-state index in [0.717, 1.165) is 16.9 Å². The van der Waals surface area contributed by atoms with Gasteiger partial charge in [-0.3, -0.25) is 9.78 Å². The fourth-order valence-corrected chi connectivity index (χ4v) is 1.84. The first-order chi connectivity index (χ1) is 9.20. The van der Waals surface area contributed by atoms with Crippen LogP contribution in [0.2, 0.25) is 0 Å². The molecule has 0 fully saturated rings. The van der Waals surface area contributed by atoms with E-state index in [1.807, 2.05) is 25.1 Å². The first-order valence-corrected chi connectivity index (χ1v) is 6.02. The zero-order chi connectivity index (χ0) is 13.7. The van der Waals surface area contributed by atoms with Crippen LogP contribution in [0.5, 0.6) is 5.75 Å². The SMILES string of the molecule is COc1ccc(CNC(=O)c2ccncc2)cc1C. The van der Waals surface area contributed by atoms with Gasteiger partial charge < -0.3 is 10.1 Å². The van der Waals surface area contributed by atoms with Gasteiger partial charge in [0.1, 0.15) is 5.75 Å². The number of carbonyl (C=O) groups excluding carboxylic acids is 1. The second-order valence-corrected chi connectivity index (χ2v) is 4.22. The highest BCUT2D eigenvalue weighted by molar-refractivity contribution is 5.93. The number of carbonyl (C=O) groups is 1. The number of hydrogen-bond acceptors (Lipinski definition) is 3. The highest BCUT2D eigenvalue weighted by atomic mass is 16.5. The van der Waals surface area contributed by atoms with E-state index in [1.165, 1.54) is 0 Å². The number of aromatic nitrogens is 1. The molecule has 0 radical (unpaired) electrons. The molecule has 2 aromatic rings. The molecule has 98 valence electrons. The van der Waals surface area contributed by atoms with Crippen LogP contribution in [0.4, 0.5) is 0 Å². The molecule has 0 aliphatic heterocycles. The van der Waals surface area contributed by atoms with Gasteiger partial charge in [0, 0.05) is 24.5 Å². The van der Waals surface area contributed by atoms with Crippen molar-refractivity contribution < 1.29 is 9.53 Å². The second kappa shape index (κ2) is 6.00. The molecule has 1 aromatic heterocycles. The topological polar surface area (TPSA) is 51.2 Å². The molecule has 4 nitrogen and oxygen atoms in total. The van der Waals surface area contributed by atoms with Crippen molar-refractivity contribution in [2.45, 2.75) is 13.5 Å². The van der Waals surface area contributed by atoms with Crippen molar-refractivity contribution in [2.75, 3.05) is 7.11 Å². The third-order valence-corrected chi connectivity index (χ3v) is 2.85. The number of hydrogen-bond donors (Lipinski definition) is 1. The summed E-state index contributed by atoms with van der Waals surface area (Å²) in [4.78, 5) is 15.7. The third kappa shape index (κ3) is 3.31. The van der Waals surface area contributed by atoms with E-state index < -0.39 is 0 Å². The maximum absolute atomic E-state index is 11.9. The Balaban J connectivity index is 1.99. The molecule has 4 heteroatoms. The van der Waals surface area contributed by atoms with E-state index in [0.29, 0.717) is 12.1 Å². The van der Waals surface area contributed by atoms with Crippen LogP contribution in [0, 0.1) is 6.92 Å². The average Bonchev–Trinajstić information content (AvgIpc) is 2.46. The number of aryl methyl sites for hydroxylation is 1. The van der Waals surface area contributed by atoms with E-state index in [9.17, 15) is 4.79 Å². The number of ether oxygens (including phenoxy) is 1. The van der Waals surface area contributed by atoms with Crippen LogP contribution in [0.25, 0.3) is 0 Å². The third-order valence-electron chi connectivity index (χ3n) is 2.85. The van der Waals surface area contributed by atoms with Crippen LogP contribution < -0.4 is 10.1 Å². The summed E-state index contributed by atoms with van der Waals surface area (Å²) in [6.45, 7) is 2.47. The Morgan fingerprint density at radius 1 is 1.26 bits per heavy atom. The number of benzene rings is 1. The molecule has 0 atom stereocenters. The fraction of sp³-hybridized carbons (Fsp3) is 0.200. The minimum absolute atomic E-state index is 0.101. The van der Waals surface area contributed by atoms with Crippen LogP contribution in [-0.4, -0.2) is 18.0 Å². The lowest BCUT2D eigenvalue weighted by Crippen LogP contribution is -2.22. The van der Waals surface area contributed by atoms with E-state index in [2.05, 4.69) is 10.3 Å². The van der Waals surface area contributed by atoms with Gasteiger partial charge in [-0.05, 0) is 36.2 Å². The predicted molar refractivity (Wildman–Crippen MR) is 73.1 cm³/mol. The van der Waals surface area contributed by atoms with Gasteiger partial charge >= 0.3 is 0 Å². The zero-order valence-corrected chi connectivity index (χ0v) is 11.0. The molecule has 0 saturated heterocycles. The van der Waals surface area contributed by atoms with E-state index >= 15 is 0 Å². The molecular formula is C15H16N2O2. The van der Waals surface area contributed by atoms with Gasteiger partial charge in [0.05, 0.1) is 7.11 Å². The van der Waals surface area contributed by atoms with Crippen LogP contribution in [0.15, 0.2) is 42.7 Å². The number of methoxy groups -OCH3 is 1. The van der Waals surface area contributed by atoms with Gasteiger partial charge in [0.25, 0.3) is 5.91 Å². The number of nitrogens with one attached hydrogen (secondary N) is 1. The summed E-state index contributed by atoms with van der Waals surface area (Å²) in [5.74, 6) is 0.750. The Morgan fingerprint density at radius 3 is 2.63 bits per heavy atom. The zero-order valence-electron chi connectivity index (χ0n) is 11.0. The van der Waals surface area contributed by atoms with Gasteiger partial charge in [-0.1, -0.05) is 12.1 Å². The van der Waals surface area contributed by atoms with Crippen LogP contribution in [0.1, 0.15) is 21.5 Å². The Morgan fingerprint density at radius 2 is 2.00 bits per heavy atom. The number of amides is 1. The standard InChI is InChI=1S/C15H16N2O2/c1-11-9-12(3-4-14(11)19-2)10-17-15(18)13-5-7-16-8-6-13/h3-9H,10H2,1-2H3,(H,17,18). The molecule has 0 spiro atoms. The highest BCUT2D eigenvalue weighted by Crippen LogP contribution is 2.18. The summed E-state index contributed by atoms with van der Waals surface area (Å²) < 4.78 is 5.20. The summed E-state index contributed by atoms with van der Waals surface area (Å²) in [6, 6.07) is 9.23. The number of rotatable bonds is 4. The van der Waals surface area contributed by atoms with Gasteiger partial charge in [-0.2, -0.15) is 0 Å². The molecular weight excluding hydrogens is 240 g/mol. The Bertz CT molecular complexity index is 568. The molecule has 0 unspecified atom stereocenters. The Labute approximate surface area is 112 Å². The molecule has 1 aromatic carbocycles. The summed E-state index contributed by atoms with van der Waals surface area (Å²) in [6.07, 6.45) is 3.21. The van der Waals surface area contributed by atoms with Gasteiger partial charge in [-0.15, -0.1) is 0 Å². The lowest BCUT2D eigenvalue weighted by atomic mass is 10.1. The van der Waals surface area contributed by atoms with Crippen molar-refractivity contribution >= 4 is 5.91 Å². The molecule has 0 aliphatic carbocycles. The Kier molecular flexibility index (Phi) is 4.13. The van der Waals surface area contributed by atoms with Gasteiger partial charge in [0.15, 0.2) is 0 Å². The van der Waals surface area contributed by atoms with Crippen molar-refractivity contribution in [1.29, 1.82) is 0 Å². The second-order valence-electron chi connectivity index (χ2n) is 4.22. The van der Waals surface area contributed by atoms with E-state index in [4.69, 9.17) is 4.74 Å². The van der Waals surface area contributed by atoms with Crippen LogP contribution in [-0.2, 0) is 6.54 Å². The average molecular weight is 256 g/mol. The summed E-state index contributed by atoms with van der Waals surface area (Å²) in [7, 11) is 1.65. The lowest BCUT2D eigenvalue weighted by Gasteiger charge is -2.08. The normalized spacial score (nSPS) is 10.0.